The Morgan fingerprint density at radius 2 is 0.732 bits per heavy atom. The van der Waals surface area contributed by atoms with E-state index in [4.69, 9.17) is 75.8 Å². The Kier molecular flexibility index (Phi) is 33.3. The normalized spacial score (nSPS) is 44.0. The number of carboxylic acid groups (broad SMARTS) is 2. The number of carbonyl (C=O) groups is 6. The quantitative estimate of drug-likeness (QED) is 0.0284. The van der Waals surface area contributed by atoms with Crippen LogP contribution in [0, 0.1) is 0 Å². The SMILES string of the molecule is CC(=O)N[C@H]1[C@H](O[C@@H]2[C@@H](O[C@@H]3O[C@H](CO)[C@@H](O[C@@H]4O[C@H](CO)[C@H](O)[C@@H](O[C@]5(C(=O)O)C[C@H](O)[C@@H](NC(C)=O)[C@@H](C(O)C(O)CO)O5)[C@H]4O)[C@@H](O)[C@H]3NC(C)=O)[C@@H](O)[C@H](OC(CO)C3COC(CO)O3)O[C@@H]2CO)O[C@H](CO)[C@@H](O[C@@H]2O[C@H](CO)[C@H](O)[C@H](O[C@]3(C(=O)O)C[C@H](O)[C@@H](NC(C)=O)[C@@H](C(O)C(O)CO)O3)[C@H]2O)[C@@H]1O. The number of carbonyl (C=O) groups excluding carboxylic acids is 4. The van der Waals surface area contributed by atoms with Gasteiger partial charge in [0.1, 0.15) is 171 Å². The zero-order chi connectivity index (χ0) is 83.0. The molecule has 0 saturated carbocycles. The minimum absolute atomic E-state index is 0.358. The zero-order valence-electron chi connectivity index (χ0n) is 60.1. The van der Waals surface area contributed by atoms with E-state index in [0.29, 0.717) is 0 Å². The van der Waals surface area contributed by atoms with Crippen LogP contribution in [0.25, 0.3) is 0 Å². The van der Waals surface area contributed by atoms with E-state index in [-0.39, 0.29) is 6.61 Å². The average Bonchev–Trinajstić information content (AvgIpc) is 0.761. The van der Waals surface area contributed by atoms with Crippen LogP contribution in [0.15, 0.2) is 0 Å². The molecule has 0 aromatic carbocycles. The molecule has 8 aliphatic rings. The molecule has 28 N–H and O–H groups in total. The highest BCUT2D eigenvalue weighted by Crippen LogP contribution is 2.43. The van der Waals surface area contributed by atoms with Crippen molar-refractivity contribution in [3.05, 3.63) is 0 Å². The van der Waals surface area contributed by atoms with Gasteiger partial charge in [-0.2, -0.15) is 0 Å². The monoisotopic (exact) mass is 1640 g/mol. The molecule has 0 aromatic rings. The number of hydrogen-bond donors (Lipinski definition) is 28. The van der Waals surface area contributed by atoms with Gasteiger partial charge in [-0.25, -0.2) is 9.59 Å². The highest BCUT2D eigenvalue weighted by molar-refractivity contribution is 5.78. The minimum atomic E-state index is -3.29. The first kappa shape index (κ1) is 92.8. The van der Waals surface area contributed by atoms with Crippen molar-refractivity contribution in [1.29, 1.82) is 0 Å². The number of ether oxygens (including phenoxy) is 16. The molecule has 0 aliphatic carbocycles. The summed E-state index contributed by atoms with van der Waals surface area (Å²) in [6.45, 7) is -6.89. The fraction of sp³-hybridized carbons (Fsp3) is 0.903. The Labute approximate surface area is 633 Å². The third kappa shape index (κ3) is 20.5. The summed E-state index contributed by atoms with van der Waals surface area (Å²) in [6.07, 6.45) is -75.6. The molecule has 646 valence electrons. The van der Waals surface area contributed by atoms with E-state index in [1.165, 1.54) is 0 Å². The van der Waals surface area contributed by atoms with Gasteiger partial charge in [0.2, 0.25) is 23.6 Å². The molecule has 7 unspecified atom stereocenters. The summed E-state index contributed by atoms with van der Waals surface area (Å²) >= 11 is 0. The Hall–Kier alpha value is -4.70. The van der Waals surface area contributed by atoms with Gasteiger partial charge in [0.15, 0.2) is 37.7 Å². The highest BCUT2D eigenvalue weighted by atomic mass is 16.8. The van der Waals surface area contributed by atoms with Crippen molar-refractivity contribution < 1.29 is 227 Å². The van der Waals surface area contributed by atoms with Crippen LogP contribution >= 0.6 is 0 Å². The van der Waals surface area contributed by atoms with Crippen molar-refractivity contribution >= 4 is 35.6 Å². The van der Waals surface area contributed by atoms with Crippen LogP contribution in [0.4, 0.5) is 0 Å². The third-order valence-electron chi connectivity index (χ3n) is 19.9. The molecule has 8 rings (SSSR count). The lowest BCUT2D eigenvalue weighted by Gasteiger charge is -2.52. The van der Waals surface area contributed by atoms with Crippen LogP contribution in [0.3, 0.4) is 0 Å². The molecule has 8 heterocycles. The third-order valence-corrected chi connectivity index (χ3v) is 19.9. The fourth-order valence-electron chi connectivity index (χ4n) is 14.3. The molecule has 40 atom stereocenters. The zero-order valence-corrected chi connectivity index (χ0v) is 60.1. The maximum Gasteiger partial charge on any atom is 0.364 e. The average molecular weight is 1640 g/mol. The lowest BCUT2D eigenvalue weighted by Crippen LogP contribution is -2.72. The van der Waals surface area contributed by atoms with Crippen LogP contribution in [-0.4, -0.2) is 469 Å². The van der Waals surface area contributed by atoms with E-state index < -0.39 is 352 Å². The summed E-state index contributed by atoms with van der Waals surface area (Å²) < 4.78 is 94.2. The summed E-state index contributed by atoms with van der Waals surface area (Å²) in [5.74, 6) is -14.7. The second-order valence-corrected chi connectivity index (χ2v) is 27.8. The van der Waals surface area contributed by atoms with Gasteiger partial charge in [0.25, 0.3) is 11.6 Å². The molecule has 112 heavy (non-hydrogen) atoms. The Balaban J connectivity index is 1.10. The van der Waals surface area contributed by atoms with Crippen molar-refractivity contribution in [3.63, 3.8) is 0 Å². The van der Waals surface area contributed by atoms with Gasteiger partial charge >= 0.3 is 11.9 Å². The predicted molar refractivity (Wildman–Crippen MR) is 344 cm³/mol. The van der Waals surface area contributed by atoms with E-state index in [1.807, 2.05) is 0 Å². The van der Waals surface area contributed by atoms with E-state index in [2.05, 4.69) is 21.3 Å². The smallest absolute Gasteiger partial charge is 0.364 e. The molecule has 50 nitrogen and oxygen atoms in total. The van der Waals surface area contributed by atoms with Gasteiger partial charge in [-0.15, -0.1) is 0 Å². The summed E-state index contributed by atoms with van der Waals surface area (Å²) in [6, 6.07) is -7.62. The van der Waals surface area contributed by atoms with Crippen molar-refractivity contribution in [2.24, 2.45) is 0 Å². The van der Waals surface area contributed by atoms with Crippen molar-refractivity contribution in [1.82, 2.24) is 21.3 Å². The van der Waals surface area contributed by atoms with Gasteiger partial charge in [-0.3, -0.25) is 19.2 Å². The lowest BCUT2D eigenvalue weighted by molar-refractivity contribution is -0.398. The van der Waals surface area contributed by atoms with Crippen molar-refractivity contribution in [2.75, 3.05) is 66.1 Å². The fourth-order valence-corrected chi connectivity index (χ4v) is 14.3. The Morgan fingerprint density at radius 3 is 1.07 bits per heavy atom. The van der Waals surface area contributed by atoms with E-state index >= 15 is 0 Å². The molecule has 0 radical (unpaired) electrons. The molecule has 8 aliphatic heterocycles. The summed E-state index contributed by atoms with van der Waals surface area (Å²) in [5, 5.41) is 274. The van der Waals surface area contributed by atoms with E-state index in [1.54, 1.807) is 0 Å². The van der Waals surface area contributed by atoms with Crippen LogP contribution in [-0.2, 0) is 105 Å². The van der Waals surface area contributed by atoms with Gasteiger partial charge < -0.3 is 220 Å². The number of aliphatic carboxylic acids is 2. The molecular formula is C62H102N4O46. The van der Waals surface area contributed by atoms with Gasteiger partial charge in [0.05, 0.1) is 90.4 Å². The number of nitrogens with one attached hydrogen (secondary N) is 4. The number of aliphatic hydroxyl groups is 22. The largest absolute Gasteiger partial charge is 0.477 e. The topological polar surface area (TPSA) is 784 Å². The maximum atomic E-state index is 13.3. The minimum Gasteiger partial charge on any atom is -0.477 e. The Bertz CT molecular complexity index is 3060. The molecule has 0 spiro atoms. The molecule has 0 bridgehead atoms. The molecular weight excluding hydrogens is 1540 g/mol. The van der Waals surface area contributed by atoms with Crippen LogP contribution in [0.5, 0.6) is 0 Å². The molecule has 4 amide bonds. The van der Waals surface area contributed by atoms with Gasteiger partial charge in [-0.05, 0) is 0 Å². The van der Waals surface area contributed by atoms with Crippen LogP contribution in [0.1, 0.15) is 40.5 Å². The standard InChI is InChI=1S/C62H102N4O46/c1-17(76)63-33-21(80)5-61(59(93)94,109-49(33)37(84)23(82)7-67)111-51-39(86)26(10-70)100-57(43(51)90)105-46-28(12-72)102-54(35(41(46)88)65-19(3)78)107-48-30(14-74)104-56(99-25(9-69)31-16-97-32(15-75)98-31)45(92)53(48)108-55-36(66-20(4)79)42(89)47(29(13-73)103-55)106-58-44(91)52(40(87)27(11-71)101-58)112-62(60(95)96)6-22(81)34(64-18(2)77)50(110-62)38(85)24(83)8-68/h21-58,67-75,80-92H,5-16H2,1-4H3,(H,63,76)(H,64,77)(H,65,78)(H,66,79)(H,93,94)(H,95,96)/t21-,22-,23?,24?,25?,26+,27+,28+,29+,30+,31?,32?,33+,34+,35+,36+,37?,38?,39-,40-,41+,42-,43+,44+,45+,46+,47+,48-,49-,50-,51-,52+,53-,54-,55-,56+,57-,58-,61-,62-/m0/s1. The number of hydrogen-bond acceptors (Lipinski definition) is 44. The predicted octanol–water partition coefficient (Wildman–Crippen LogP) is -18.2. The van der Waals surface area contributed by atoms with Crippen molar-refractivity contribution in [2.45, 2.75) is 285 Å². The van der Waals surface area contributed by atoms with Crippen molar-refractivity contribution in [3.8, 4) is 0 Å². The van der Waals surface area contributed by atoms with E-state index in [0.717, 1.165) is 27.7 Å². The molecule has 8 fully saturated rings. The van der Waals surface area contributed by atoms with Crippen LogP contribution < -0.4 is 21.3 Å². The second-order valence-electron chi connectivity index (χ2n) is 27.8. The second kappa shape index (κ2) is 40.2. The summed E-state index contributed by atoms with van der Waals surface area (Å²) in [5.41, 5.74) is 0. The molecule has 0 aromatic heterocycles. The highest BCUT2D eigenvalue weighted by Gasteiger charge is 2.64. The molecule has 8 saturated heterocycles. The Morgan fingerprint density at radius 1 is 0.393 bits per heavy atom. The summed E-state index contributed by atoms with van der Waals surface area (Å²) in [4.78, 5) is 77.4. The molecule has 50 heteroatoms. The van der Waals surface area contributed by atoms with Gasteiger partial charge in [-0.1, -0.05) is 0 Å². The number of amides is 4. The number of rotatable bonds is 34. The number of carboxylic acids is 2. The lowest BCUT2D eigenvalue weighted by atomic mass is 9.88. The van der Waals surface area contributed by atoms with Gasteiger partial charge in [0, 0.05) is 40.5 Å². The van der Waals surface area contributed by atoms with E-state index in [9.17, 15) is 151 Å². The first-order valence-corrected chi connectivity index (χ1v) is 35.3. The van der Waals surface area contributed by atoms with Crippen LogP contribution in [0.2, 0.25) is 0 Å². The first-order chi connectivity index (χ1) is 52.9. The maximum absolute atomic E-state index is 13.3. The number of aliphatic hydroxyl groups excluding tert-OH is 22. The first-order valence-electron chi connectivity index (χ1n) is 35.3. The summed E-state index contributed by atoms with van der Waals surface area (Å²) in [7, 11) is 0.